The number of halogens is 3. The summed E-state index contributed by atoms with van der Waals surface area (Å²) in [7, 11) is 0. The molecule has 0 unspecified atom stereocenters. The molecule has 0 bridgehead atoms. The van der Waals surface area contributed by atoms with Gasteiger partial charge in [-0.05, 0) is 39.0 Å². The zero-order valence-electron chi connectivity index (χ0n) is 14.1. The van der Waals surface area contributed by atoms with Crippen molar-refractivity contribution in [2.75, 3.05) is 6.61 Å². The van der Waals surface area contributed by atoms with E-state index in [1.54, 1.807) is 31.4 Å². The van der Waals surface area contributed by atoms with Crippen molar-refractivity contribution in [3.05, 3.63) is 65.4 Å². The van der Waals surface area contributed by atoms with Crippen LogP contribution < -0.4 is 4.74 Å². The molecule has 3 nitrogen and oxygen atoms in total. The van der Waals surface area contributed by atoms with Crippen molar-refractivity contribution in [2.24, 2.45) is 0 Å². The Morgan fingerprint density at radius 2 is 1.72 bits per heavy atom. The molecule has 0 amide bonds. The lowest BCUT2D eigenvalue weighted by Crippen LogP contribution is -2.04. The number of ether oxygens (including phenoxy) is 1. The standard InChI is InChI=1S/C19H17F3N2O/c1-4-25-15-9-16(21)18(17(22)10-15)19-11(2)23-12(3)24(19)14-7-5-6-13(20)8-14/h5-10H,4H2,1-3H3. The number of aromatic nitrogens is 2. The molecule has 3 rings (SSSR count). The second kappa shape index (κ2) is 6.63. The van der Waals surface area contributed by atoms with Crippen LogP contribution in [-0.4, -0.2) is 16.2 Å². The SMILES string of the molecule is CCOc1cc(F)c(-c2c(C)nc(C)n2-c2cccc(F)c2)c(F)c1. The number of hydrogen-bond donors (Lipinski definition) is 0. The van der Waals surface area contributed by atoms with Gasteiger partial charge in [0.15, 0.2) is 0 Å². The summed E-state index contributed by atoms with van der Waals surface area (Å²) in [5.41, 5.74) is 0.927. The lowest BCUT2D eigenvalue weighted by Gasteiger charge is -2.14. The van der Waals surface area contributed by atoms with Gasteiger partial charge < -0.3 is 4.74 Å². The summed E-state index contributed by atoms with van der Waals surface area (Å²) in [5.74, 6) is -1.34. The van der Waals surface area contributed by atoms with Crippen LogP contribution in [0.2, 0.25) is 0 Å². The third-order valence-electron chi connectivity index (χ3n) is 3.85. The topological polar surface area (TPSA) is 27.1 Å². The molecule has 0 fully saturated rings. The molecular weight excluding hydrogens is 329 g/mol. The van der Waals surface area contributed by atoms with Gasteiger partial charge in [0.25, 0.3) is 0 Å². The molecule has 0 aliphatic carbocycles. The summed E-state index contributed by atoms with van der Waals surface area (Å²) < 4.78 is 49.6. The molecule has 3 aromatic rings. The first-order valence-corrected chi connectivity index (χ1v) is 7.86. The molecule has 2 aromatic carbocycles. The van der Waals surface area contributed by atoms with E-state index >= 15 is 0 Å². The Kier molecular flexibility index (Phi) is 4.53. The molecule has 0 atom stereocenters. The maximum atomic E-state index is 14.6. The van der Waals surface area contributed by atoms with Crippen molar-refractivity contribution in [1.29, 1.82) is 0 Å². The Labute approximate surface area is 143 Å². The molecule has 25 heavy (non-hydrogen) atoms. The van der Waals surface area contributed by atoms with E-state index in [1.165, 1.54) is 18.2 Å². The Morgan fingerprint density at radius 3 is 2.32 bits per heavy atom. The second-order valence-electron chi connectivity index (χ2n) is 5.60. The first-order valence-electron chi connectivity index (χ1n) is 7.86. The van der Waals surface area contributed by atoms with Crippen molar-refractivity contribution in [3.63, 3.8) is 0 Å². The van der Waals surface area contributed by atoms with Gasteiger partial charge >= 0.3 is 0 Å². The molecule has 0 saturated carbocycles. The van der Waals surface area contributed by atoms with Crippen molar-refractivity contribution in [3.8, 4) is 22.7 Å². The van der Waals surface area contributed by atoms with Crippen molar-refractivity contribution in [2.45, 2.75) is 20.8 Å². The summed E-state index contributed by atoms with van der Waals surface area (Å²) in [5, 5.41) is 0. The predicted octanol–water partition coefficient (Wildman–Crippen LogP) is 4.97. The first-order chi connectivity index (χ1) is 11.9. The largest absolute Gasteiger partial charge is 0.494 e. The number of benzene rings is 2. The van der Waals surface area contributed by atoms with Gasteiger partial charge in [-0.25, -0.2) is 18.2 Å². The molecule has 0 saturated heterocycles. The lowest BCUT2D eigenvalue weighted by atomic mass is 10.1. The van der Waals surface area contributed by atoms with Gasteiger partial charge in [-0.2, -0.15) is 0 Å². The molecule has 6 heteroatoms. The molecule has 1 aromatic heterocycles. The Bertz CT molecular complexity index is 911. The minimum absolute atomic E-state index is 0.118. The van der Waals surface area contributed by atoms with Gasteiger partial charge in [-0.3, -0.25) is 4.57 Å². The minimum Gasteiger partial charge on any atom is -0.494 e. The van der Waals surface area contributed by atoms with Crippen LogP contribution in [0.1, 0.15) is 18.4 Å². The summed E-state index contributed by atoms with van der Waals surface area (Å²) in [6, 6.07) is 8.07. The number of hydrogen-bond acceptors (Lipinski definition) is 2. The highest BCUT2D eigenvalue weighted by atomic mass is 19.1. The van der Waals surface area contributed by atoms with Gasteiger partial charge in [0.05, 0.1) is 29.2 Å². The van der Waals surface area contributed by atoms with Crippen LogP contribution in [0.15, 0.2) is 36.4 Å². The molecule has 0 spiro atoms. The minimum atomic E-state index is -0.760. The van der Waals surface area contributed by atoms with Crippen LogP contribution in [0.5, 0.6) is 5.75 Å². The molecular formula is C19H17F3N2O. The smallest absolute Gasteiger partial charge is 0.139 e. The Balaban J connectivity index is 2.26. The van der Waals surface area contributed by atoms with E-state index in [2.05, 4.69) is 4.98 Å². The van der Waals surface area contributed by atoms with Gasteiger partial charge in [-0.1, -0.05) is 6.07 Å². The van der Waals surface area contributed by atoms with E-state index in [0.29, 0.717) is 23.8 Å². The third kappa shape index (κ3) is 3.12. The Morgan fingerprint density at radius 1 is 1.04 bits per heavy atom. The van der Waals surface area contributed by atoms with Crippen LogP contribution in [0.25, 0.3) is 16.9 Å². The van der Waals surface area contributed by atoms with E-state index in [-0.39, 0.29) is 17.0 Å². The molecule has 0 aliphatic rings. The molecule has 1 heterocycles. The van der Waals surface area contributed by atoms with Crippen LogP contribution in [0, 0.1) is 31.3 Å². The quantitative estimate of drug-likeness (QED) is 0.667. The number of aryl methyl sites for hydroxylation is 2. The highest BCUT2D eigenvalue weighted by Crippen LogP contribution is 2.34. The van der Waals surface area contributed by atoms with E-state index < -0.39 is 17.5 Å². The van der Waals surface area contributed by atoms with Crippen LogP contribution >= 0.6 is 0 Å². The average molecular weight is 346 g/mol. The summed E-state index contributed by atoms with van der Waals surface area (Å²) in [6.45, 7) is 5.40. The summed E-state index contributed by atoms with van der Waals surface area (Å²) in [6.07, 6.45) is 0. The second-order valence-corrected chi connectivity index (χ2v) is 5.60. The van der Waals surface area contributed by atoms with Gasteiger partial charge in [0.1, 0.15) is 29.0 Å². The zero-order valence-corrected chi connectivity index (χ0v) is 14.1. The molecule has 0 N–H and O–H groups in total. The maximum absolute atomic E-state index is 14.6. The molecule has 130 valence electrons. The fourth-order valence-corrected chi connectivity index (χ4v) is 2.92. The van der Waals surface area contributed by atoms with E-state index in [0.717, 1.165) is 12.1 Å². The van der Waals surface area contributed by atoms with Crippen molar-refractivity contribution < 1.29 is 17.9 Å². The first kappa shape index (κ1) is 17.1. The van der Waals surface area contributed by atoms with E-state index in [1.807, 2.05) is 0 Å². The number of rotatable bonds is 4. The van der Waals surface area contributed by atoms with Gasteiger partial charge in [0, 0.05) is 12.1 Å². The van der Waals surface area contributed by atoms with E-state index in [9.17, 15) is 13.2 Å². The van der Waals surface area contributed by atoms with Crippen LogP contribution in [-0.2, 0) is 0 Å². The van der Waals surface area contributed by atoms with Crippen molar-refractivity contribution >= 4 is 0 Å². The van der Waals surface area contributed by atoms with E-state index in [4.69, 9.17) is 4.74 Å². The predicted molar refractivity (Wildman–Crippen MR) is 89.5 cm³/mol. The zero-order chi connectivity index (χ0) is 18.1. The highest BCUT2D eigenvalue weighted by molar-refractivity contribution is 5.68. The fourth-order valence-electron chi connectivity index (χ4n) is 2.92. The van der Waals surface area contributed by atoms with Crippen LogP contribution in [0.4, 0.5) is 13.2 Å². The van der Waals surface area contributed by atoms with Gasteiger partial charge in [-0.15, -0.1) is 0 Å². The van der Waals surface area contributed by atoms with Crippen molar-refractivity contribution in [1.82, 2.24) is 9.55 Å². The van der Waals surface area contributed by atoms with Crippen LogP contribution in [0.3, 0.4) is 0 Å². The highest BCUT2D eigenvalue weighted by Gasteiger charge is 2.23. The molecule has 0 aliphatic heterocycles. The average Bonchev–Trinajstić information content (AvgIpc) is 2.81. The molecule has 0 radical (unpaired) electrons. The third-order valence-corrected chi connectivity index (χ3v) is 3.85. The summed E-state index contributed by atoms with van der Waals surface area (Å²) in [4.78, 5) is 4.31. The normalized spacial score (nSPS) is 11.0. The monoisotopic (exact) mass is 346 g/mol. The summed E-state index contributed by atoms with van der Waals surface area (Å²) >= 11 is 0. The Hall–Kier alpha value is -2.76. The number of imidazole rings is 1. The van der Waals surface area contributed by atoms with Gasteiger partial charge in [0.2, 0.25) is 0 Å². The maximum Gasteiger partial charge on any atom is 0.139 e. The fraction of sp³-hybridized carbons (Fsp3) is 0.211. The lowest BCUT2D eigenvalue weighted by molar-refractivity contribution is 0.336. The number of nitrogens with zero attached hydrogens (tertiary/aromatic N) is 2.